The van der Waals surface area contributed by atoms with Gasteiger partial charge in [-0.3, -0.25) is 14.6 Å². The van der Waals surface area contributed by atoms with Crippen LogP contribution in [0.25, 0.3) is 0 Å². The van der Waals surface area contributed by atoms with Gasteiger partial charge in [0.2, 0.25) is 5.91 Å². The van der Waals surface area contributed by atoms with E-state index >= 15 is 0 Å². The normalized spacial score (nSPS) is 12.3. The van der Waals surface area contributed by atoms with Crippen molar-refractivity contribution in [1.82, 2.24) is 9.88 Å². The highest BCUT2D eigenvalue weighted by Crippen LogP contribution is 2.10. The summed E-state index contributed by atoms with van der Waals surface area (Å²) in [6.45, 7) is 11.8. The molecule has 2 rings (SSSR count). The van der Waals surface area contributed by atoms with E-state index in [0.717, 1.165) is 19.5 Å². The molecule has 1 aliphatic rings. The second-order valence-electron chi connectivity index (χ2n) is 6.27. The third kappa shape index (κ3) is 14.4. The van der Waals surface area contributed by atoms with Crippen LogP contribution in [0.15, 0.2) is 24.5 Å². The van der Waals surface area contributed by atoms with Gasteiger partial charge in [0.1, 0.15) is 5.60 Å². The van der Waals surface area contributed by atoms with Gasteiger partial charge < -0.3 is 15.4 Å². The minimum Gasteiger partial charge on any atom is -0.462 e. The molecule has 150 valence electrons. The minimum absolute atomic E-state index is 0.296. The number of likely N-dealkylation sites (tertiary alicyclic amines) is 1. The van der Waals surface area contributed by atoms with Crippen molar-refractivity contribution in [1.29, 1.82) is 0 Å². The van der Waals surface area contributed by atoms with E-state index in [1.54, 1.807) is 12.4 Å². The summed E-state index contributed by atoms with van der Waals surface area (Å²) < 4.78 is 4.55. The van der Waals surface area contributed by atoms with Gasteiger partial charge in [-0.15, -0.1) is 0 Å². The molecule has 0 saturated carbocycles. The lowest BCUT2D eigenvalue weighted by atomic mass is 10.1. The Kier molecular flexibility index (Phi) is 16.7. The van der Waals surface area contributed by atoms with Gasteiger partial charge in [0, 0.05) is 31.9 Å². The van der Waals surface area contributed by atoms with Crippen LogP contribution in [0, 0.1) is 0 Å². The summed E-state index contributed by atoms with van der Waals surface area (Å²) in [4.78, 5) is 27.3. The highest BCUT2D eigenvalue weighted by atomic mass is 16.5. The standard InChI is InChI=1S/C12H16N2O.C5H10O2.C2H6.CH5N/c15-12(14-9-1-2-10-14)4-3-11-5-7-13-8-6-11;1-5(2,3)7-4-6;2*1-2/h5-8H,1-4,9-10H2;4H,1-3H3;1-2H3;2H2,1H3. The van der Waals surface area contributed by atoms with Crippen molar-refractivity contribution in [3.8, 4) is 0 Å². The van der Waals surface area contributed by atoms with Gasteiger partial charge in [0.15, 0.2) is 0 Å². The second-order valence-corrected chi connectivity index (χ2v) is 6.27. The molecule has 6 nitrogen and oxygen atoms in total. The van der Waals surface area contributed by atoms with Gasteiger partial charge >= 0.3 is 0 Å². The van der Waals surface area contributed by atoms with Crippen LogP contribution in [0.2, 0.25) is 0 Å². The molecular weight excluding hydrogens is 330 g/mol. The maximum atomic E-state index is 11.7. The summed E-state index contributed by atoms with van der Waals surface area (Å²) in [5, 5.41) is 0. The average molecular weight is 368 g/mol. The minimum atomic E-state index is -0.318. The third-order valence-electron chi connectivity index (χ3n) is 3.24. The topological polar surface area (TPSA) is 85.5 Å². The van der Waals surface area contributed by atoms with E-state index in [1.807, 2.05) is 51.7 Å². The van der Waals surface area contributed by atoms with Crippen LogP contribution >= 0.6 is 0 Å². The smallest absolute Gasteiger partial charge is 0.293 e. The van der Waals surface area contributed by atoms with Gasteiger partial charge in [-0.1, -0.05) is 13.8 Å². The van der Waals surface area contributed by atoms with Crippen molar-refractivity contribution in [3.05, 3.63) is 30.1 Å². The molecule has 6 heteroatoms. The molecule has 0 aromatic carbocycles. The lowest BCUT2D eigenvalue weighted by Gasteiger charge is -2.14. The average Bonchev–Trinajstić information content (AvgIpc) is 3.18. The summed E-state index contributed by atoms with van der Waals surface area (Å²) >= 11 is 0. The van der Waals surface area contributed by atoms with Crippen molar-refractivity contribution in [2.75, 3.05) is 20.1 Å². The van der Waals surface area contributed by atoms with E-state index in [4.69, 9.17) is 0 Å². The Labute approximate surface area is 159 Å². The first-order valence-corrected chi connectivity index (χ1v) is 9.28. The largest absolute Gasteiger partial charge is 0.462 e. The second kappa shape index (κ2) is 16.5. The first kappa shape index (κ1) is 26.3. The van der Waals surface area contributed by atoms with Crippen molar-refractivity contribution in [2.24, 2.45) is 5.73 Å². The summed E-state index contributed by atoms with van der Waals surface area (Å²) in [5.74, 6) is 0.296. The molecule has 1 fully saturated rings. The van der Waals surface area contributed by atoms with E-state index in [2.05, 4.69) is 15.5 Å². The number of hydrogen-bond acceptors (Lipinski definition) is 5. The monoisotopic (exact) mass is 367 g/mol. The zero-order valence-corrected chi connectivity index (χ0v) is 17.3. The molecule has 0 atom stereocenters. The summed E-state index contributed by atoms with van der Waals surface area (Å²) in [6, 6.07) is 3.94. The van der Waals surface area contributed by atoms with Crippen molar-refractivity contribution in [3.63, 3.8) is 0 Å². The van der Waals surface area contributed by atoms with Crippen molar-refractivity contribution < 1.29 is 14.3 Å². The molecular formula is C20H37N3O3. The Hall–Kier alpha value is -1.95. The quantitative estimate of drug-likeness (QED) is 0.826. The maximum Gasteiger partial charge on any atom is 0.293 e. The van der Waals surface area contributed by atoms with Crippen molar-refractivity contribution in [2.45, 2.75) is 65.9 Å². The Balaban J connectivity index is 0. The number of aromatic nitrogens is 1. The number of ether oxygens (including phenoxy) is 1. The number of rotatable bonds is 4. The highest BCUT2D eigenvalue weighted by Gasteiger charge is 2.17. The number of carbonyl (C=O) groups is 2. The van der Waals surface area contributed by atoms with Gasteiger partial charge in [0.05, 0.1) is 0 Å². The first-order chi connectivity index (χ1) is 12.4. The van der Waals surface area contributed by atoms with Crippen LogP contribution in [-0.4, -0.2) is 48.0 Å². The summed E-state index contributed by atoms with van der Waals surface area (Å²) in [6.07, 6.45) is 7.34. The van der Waals surface area contributed by atoms with Crippen LogP contribution in [-0.2, 0) is 20.7 Å². The predicted molar refractivity (Wildman–Crippen MR) is 107 cm³/mol. The molecule has 2 heterocycles. The van der Waals surface area contributed by atoms with E-state index in [9.17, 15) is 9.59 Å². The van der Waals surface area contributed by atoms with Gasteiger partial charge in [-0.05, 0) is 64.8 Å². The molecule has 1 saturated heterocycles. The Morgan fingerprint density at radius 3 is 2.08 bits per heavy atom. The molecule has 0 radical (unpaired) electrons. The number of nitrogens with zero attached hydrogens (tertiary/aromatic N) is 2. The fraction of sp³-hybridized carbons (Fsp3) is 0.650. The molecule has 0 bridgehead atoms. The SMILES string of the molecule is CC.CC(C)(C)OC=O.CN.O=C(CCc1ccncc1)N1CCCC1. The Morgan fingerprint density at radius 1 is 1.19 bits per heavy atom. The first-order valence-electron chi connectivity index (χ1n) is 9.28. The van der Waals surface area contributed by atoms with Crippen molar-refractivity contribution >= 4 is 12.4 Å². The van der Waals surface area contributed by atoms with E-state index in [1.165, 1.54) is 25.5 Å². The predicted octanol–water partition coefficient (Wildman–Crippen LogP) is 3.20. The number of hydrogen-bond donors (Lipinski definition) is 1. The molecule has 26 heavy (non-hydrogen) atoms. The number of carbonyl (C=O) groups excluding carboxylic acids is 2. The van der Waals surface area contributed by atoms with E-state index < -0.39 is 0 Å². The maximum absolute atomic E-state index is 11.7. The van der Waals surface area contributed by atoms with Gasteiger partial charge in [-0.2, -0.15) is 0 Å². The molecule has 0 aliphatic carbocycles. The van der Waals surface area contributed by atoms with E-state index in [-0.39, 0.29) is 5.60 Å². The lowest BCUT2D eigenvalue weighted by Crippen LogP contribution is -2.27. The number of nitrogens with two attached hydrogens (primary N) is 1. The summed E-state index contributed by atoms with van der Waals surface area (Å²) in [7, 11) is 1.50. The Bertz CT molecular complexity index is 453. The highest BCUT2D eigenvalue weighted by molar-refractivity contribution is 5.76. The molecule has 1 aliphatic heterocycles. The molecule has 0 spiro atoms. The van der Waals surface area contributed by atoms with E-state index in [0.29, 0.717) is 18.8 Å². The van der Waals surface area contributed by atoms with Crippen LogP contribution in [0.3, 0.4) is 0 Å². The van der Waals surface area contributed by atoms with Crippen LogP contribution in [0.1, 0.15) is 59.4 Å². The summed E-state index contributed by atoms with van der Waals surface area (Å²) in [5.41, 5.74) is 5.37. The lowest BCUT2D eigenvalue weighted by molar-refractivity contribution is -0.138. The fourth-order valence-corrected chi connectivity index (χ4v) is 2.07. The molecule has 2 N–H and O–H groups in total. The number of aryl methyl sites for hydroxylation is 1. The Morgan fingerprint density at radius 2 is 1.69 bits per heavy atom. The zero-order chi connectivity index (χ0) is 20.4. The molecule has 1 amide bonds. The zero-order valence-electron chi connectivity index (χ0n) is 17.3. The third-order valence-corrected chi connectivity index (χ3v) is 3.24. The molecule has 1 aromatic rings. The van der Waals surface area contributed by atoms with Crippen LogP contribution in [0.5, 0.6) is 0 Å². The van der Waals surface area contributed by atoms with Gasteiger partial charge in [0.25, 0.3) is 6.47 Å². The van der Waals surface area contributed by atoms with Crippen LogP contribution < -0.4 is 5.73 Å². The molecule has 1 aromatic heterocycles. The number of amides is 1. The number of pyridine rings is 1. The van der Waals surface area contributed by atoms with Crippen LogP contribution in [0.4, 0.5) is 0 Å². The molecule has 0 unspecified atom stereocenters. The van der Waals surface area contributed by atoms with Gasteiger partial charge in [-0.25, -0.2) is 0 Å². The fourth-order valence-electron chi connectivity index (χ4n) is 2.07.